The van der Waals surface area contributed by atoms with E-state index in [9.17, 15) is 14.9 Å². The molecule has 0 aromatic heterocycles. The van der Waals surface area contributed by atoms with E-state index in [0.717, 1.165) is 6.42 Å². The second kappa shape index (κ2) is 7.15. The highest BCUT2D eigenvalue weighted by Gasteiger charge is 2.37. The lowest BCUT2D eigenvalue weighted by atomic mass is 10.2. The zero-order chi connectivity index (χ0) is 15.3. The number of hydrogen-bond donors (Lipinski definition) is 0. The van der Waals surface area contributed by atoms with Crippen molar-refractivity contribution in [2.75, 3.05) is 20.1 Å². The molecule has 1 aliphatic rings. The second-order valence-electron chi connectivity index (χ2n) is 4.52. The zero-order valence-electron chi connectivity index (χ0n) is 12.0. The number of thioether (sulfide) groups is 1. The smallest absolute Gasteiger partial charge is 0.267 e. The maximum absolute atomic E-state index is 12.3. The molecule has 0 spiro atoms. The summed E-state index contributed by atoms with van der Waals surface area (Å²) in [5.41, 5.74) is 0.0329. The van der Waals surface area contributed by atoms with Gasteiger partial charge in [0.2, 0.25) is 5.91 Å². The van der Waals surface area contributed by atoms with Crippen LogP contribution in [0.1, 0.15) is 20.3 Å². The van der Waals surface area contributed by atoms with Crippen molar-refractivity contribution in [1.29, 1.82) is 5.26 Å². The van der Waals surface area contributed by atoms with E-state index in [0.29, 0.717) is 18.1 Å². The highest BCUT2D eigenvalue weighted by atomic mass is 32.2. The molecule has 6 heteroatoms. The molecule has 1 aliphatic heterocycles. The first-order valence-corrected chi connectivity index (χ1v) is 7.34. The Kier molecular flexibility index (Phi) is 5.83. The fraction of sp³-hybridized carbons (Fsp3) is 0.500. The largest absolute Gasteiger partial charge is 0.337 e. The van der Waals surface area contributed by atoms with Crippen molar-refractivity contribution in [1.82, 2.24) is 9.80 Å². The van der Waals surface area contributed by atoms with Crippen LogP contribution in [0.2, 0.25) is 0 Å². The van der Waals surface area contributed by atoms with E-state index in [1.54, 1.807) is 24.9 Å². The van der Waals surface area contributed by atoms with Crippen LogP contribution in [-0.4, -0.2) is 47.0 Å². The number of hydrogen-bond acceptors (Lipinski definition) is 4. The molecule has 1 saturated heterocycles. The maximum Gasteiger partial charge on any atom is 0.267 e. The van der Waals surface area contributed by atoms with Crippen LogP contribution in [0.25, 0.3) is 0 Å². The van der Waals surface area contributed by atoms with Gasteiger partial charge in [0.15, 0.2) is 0 Å². The number of carbonyl (C=O) groups excluding carboxylic acids is 2. The van der Waals surface area contributed by atoms with Gasteiger partial charge in [-0.25, -0.2) is 0 Å². The molecule has 0 N–H and O–H groups in total. The topological polar surface area (TPSA) is 64.4 Å². The molecule has 108 valence electrons. The first kappa shape index (κ1) is 16.3. The molecule has 1 unspecified atom stereocenters. The van der Waals surface area contributed by atoms with E-state index in [1.165, 1.54) is 16.7 Å². The summed E-state index contributed by atoms with van der Waals surface area (Å²) >= 11 is 1.28. The zero-order valence-corrected chi connectivity index (χ0v) is 12.9. The molecule has 0 saturated carbocycles. The molecule has 5 nitrogen and oxygen atoms in total. The Hall–Kier alpha value is -1.74. The quantitative estimate of drug-likeness (QED) is 0.440. The summed E-state index contributed by atoms with van der Waals surface area (Å²) in [6.07, 6.45) is 2.37. The summed E-state index contributed by atoms with van der Waals surface area (Å²) in [6, 6.07) is 1.95. The molecular weight excluding hydrogens is 274 g/mol. The predicted molar refractivity (Wildman–Crippen MR) is 79.5 cm³/mol. The van der Waals surface area contributed by atoms with Crippen LogP contribution in [0.4, 0.5) is 0 Å². The molecule has 0 radical (unpaired) electrons. The lowest BCUT2D eigenvalue weighted by molar-refractivity contribution is -0.127. The van der Waals surface area contributed by atoms with Crippen molar-refractivity contribution in [2.45, 2.75) is 25.5 Å². The summed E-state index contributed by atoms with van der Waals surface area (Å²) < 4.78 is 0. The molecule has 20 heavy (non-hydrogen) atoms. The lowest BCUT2D eigenvalue weighted by Gasteiger charge is -2.19. The number of rotatable bonds is 5. The van der Waals surface area contributed by atoms with Gasteiger partial charge in [-0.2, -0.15) is 5.26 Å². The van der Waals surface area contributed by atoms with Gasteiger partial charge in [0, 0.05) is 20.1 Å². The maximum atomic E-state index is 12.3. The van der Waals surface area contributed by atoms with Gasteiger partial charge in [-0.3, -0.25) is 9.59 Å². The Morgan fingerprint density at radius 3 is 2.80 bits per heavy atom. The fourth-order valence-electron chi connectivity index (χ4n) is 1.88. The molecule has 1 atom stereocenters. The SMILES string of the molecule is C=CCN(C)C(=O)/C(C#N)=C1\SC(C)C(=O)N1CCC. The average Bonchev–Trinajstić information content (AvgIpc) is 2.69. The van der Waals surface area contributed by atoms with Crippen LogP contribution >= 0.6 is 11.8 Å². The van der Waals surface area contributed by atoms with Gasteiger partial charge in [-0.05, 0) is 13.3 Å². The van der Waals surface area contributed by atoms with Crippen LogP contribution < -0.4 is 0 Å². The van der Waals surface area contributed by atoms with Crippen LogP contribution in [0.15, 0.2) is 23.3 Å². The summed E-state index contributed by atoms with van der Waals surface area (Å²) in [5, 5.41) is 9.53. The molecular formula is C14H19N3O2S. The minimum Gasteiger partial charge on any atom is -0.337 e. The Bertz CT molecular complexity index is 493. The normalized spacial score (nSPS) is 20.6. The van der Waals surface area contributed by atoms with E-state index in [-0.39, 0.29) is 22.6 Å². The number of likely N-dealkylation sites (N-methyl/N-ethyl adjacent to an activating group) is 1. The molecule has 2 amide bonds. The number of nitriles is 1. The van der Waals surface area contributed by atoms with Crippen LogP contribution in [0.5, 0.6) is 0 Å². The number of amides is 2. The van der Waals surface area contributed by atoms with Crippen molar-refractivity contribution in [2.24, 2.45) is 0 Å². The fourth-order valence-corrected chi connectivity index (χ4v) is 3.01. The van der Waals surface area contributed by atoms with Crippen molar-refractivity contribution >= 4 is 23.6 Å². The van der Waals surface area contributed by atoms with Crippen molar-refractivity contribution in [3.63, 3.8) is 0 Å². The first-order valence-electron chi connectivity index (χ1n) is 6.46. The van der Waals surface area contributed by atoms with Gasteiger partial charge in [0.25, 0.3) is 5.91 Å². The number of nitrogens with zero attached hydrogens (tertiary/aromatic N) is 3. The summed E-state index contributed by atoms with van der Waals surface area (Å²) in [6.45, 7) is 8.20. The van der Waals surface area contributed by atoms with E-state index >= 15 is 0 Å². The Labute approximate surface area is 123 Å². The number of carbonyl (C=O) groups is 2. The molecule has 0 aromatic carbocycles. The Morgan fingerprint density at radius 2 is 2.30 bits per heavy atom. The van der Waals surface area contributed by atoms with Crippen molar-refractivity contribution in [3.8, 4) is 6.07 Å². The Balaban J connectivity index is 3.17. The molecule has 1 rings (SSSR count). The van der Waals surface area contributed by atoms with Crippen LogP contribution in [0.3, 0.4) is 0 Å². The highest BCUT2D eigenvalue weighted by Crippen LogP contribution is 2.37. The molecule has 0 aromatic rings. The lowest BCUT2D eigenvalue weighted by Crippen LogP contribution is -2.32. The molecule has 1 heterocycles. The van der Waals surface area contributed by atoms with Gasteiger partial charge in [-0.1, -0.05) is 24.8 Å². The van der Waals surface area contributed by atoms with E-state index in [1.807, 2.05) is 13.0 Å². The third kappa shape index (κ3) is 3.23. The summed E-state index contributed by atoms with van der Waals surface area (Å²) in [5.74, 6) is -0.420. The Morgan fingerprint density at radius 1 is 1.65 bits per heavy atom. The third-order valence-corrected chi connectivity index (χ3v) is 4.09. The monoisotopic (exact) mass is 293 g/mol. The van der Waals surface area contributed by atoms with Gasteiger partial charge in [0.1, 0.15) is 16.7 Å². The predicted octanol–water partition coefficient (Wildman–Crippen LogP) is 1.74. The van der Waals surface area contributed by atoms with Gasteiger partial charge in [0.05, 0.1) is 5.25 Å². The standard InChI is InChI=1S/C14H19N3O2S/c1-5-7-16(4)13(19)11(9-15)14-17(8-6-2)12(18)10(3)20-14/h5,10H,1,6-8H2,2-4H3/b14-11-. The van der Waals surface area contributed by atoms with Gasteiger partial charge >= 0.3 is 0 Å². The van der Waals surface area contributed by atoms with Gasteiger partial charge < -0.3 is 9.80 Å². The average molecular weight is 293 g/mol. The van der Waals surface area contributed by atoms with E-state index in [4.69, 9.17) is 0 Å². The van der Waals surface area contributed by atoms with Gasteiger partial charge in [-0.15, -0.1) is 6.58 Å². The minimum absolute atomic E-state index is 0.0329. The third-order valence-electron chi connectivity index (χ3n) is 2.88. The second-order valence-corrected chi connectivity index (χ2v) is 5.85. The van der Waals surface area contributed by atoms with Crippen LogP contribution in [0, 0.1) is 11.3 Å². The first-order chi connectivity index (χ1) is 9.47. The van der Waals surface area contributed by atoms with Crippen LogP contribution in [-0.2, 0) is 9.59 Å². The molecule has 0 aliphatic carbocycles. The van der Waals surface area contributed by atoms with Crippen molar-refractivity contribution < 1.29 is 9.59 Å². The van der Waals surface area contributed by atoms with E-state index < -0.39 is 0 Å². The summed E-state index contributed by atoms with van der Waals surface area (Å²) in [7, 11) is 1.61. The minimum atomic E-state index is -0.377. The van der Waals surface area contributed by atoms with E-state index in [2.05, 4.69) is 6.58 Å². The molecule has 1 fully saturated rings. The summed E-state index contributed by atoms with van der Waals surface area (Å²) in [4.78, 5) is 27.3. The highest BCUT2D eigenvalue weighted by molar-refractivity contribution is 8.04. The molecule has 0 bridgehead atoms. The van der Waals surface area contributed by atoms with Crippen molar-refractivity contribution in [3.05, 3.63) is 23.3 Å².